The van der Waals surface area contributed by atoms with Crippen molar-refractivity contribution in [3.63, 3.8) is 0 Å². The van der Waals surface area contributed by atoms with Gasteiger partial charge < -0.3 is 0 Å². The van der Waals surface area contributed by atoms with Crippen molar-refractivity contribution in [1.82, 2.24) is 5.01 Å². The van der Waals surface area contributed by atoms with Crippen LogP contribution >= 0.6 is 0 Å². The summed E-state index contributed by atoms with van der Waals surface area (Å²) in [6, 6.07) is 8.23. The summed E-state index contributed by atoms with van der Waals surface area (Å²) >= 11 is 0. The molecule has 4 nitrogen and oxygen atoms in total. The maximum atomic E-state index is 4.19. The van der Waals surface area contributed by atoms with Crippen molar-refractivity contribution in [2.45, 2.75) is 19.3 Å². The number of hydrogen-bond donors (Lipinski definition) is 0. The van der Waals surface area contributed by atoms with Crippen LogP contribution in [0.15, 0.2) is 34.5 Å². The van der Waals surface area contributed by atoms with Crippen molar-refractivity contribution in [3.05, 3.63) is 24.3 Å². The molecule has 0 spiro atoms. The molecule has 1 aromatic carbocycles. The van der Waals surface area contributed by atoms with E-state index in [9.17, 15) is 0 Å². The molecular formula is C12H16N4. The summed E-state index contributed by atoms with van der Waals surface area (Å²) in [5, 5.41) is 13.0. The van der Waals surface area contributed by atoms with E-state index in [-0.39, 0.29) is 0 Å². The minimum atomic E-state index is 0.664. The van der Waals surface area contributed by atoms with Crippen LogP contribution in [-0.2, 0) is 0 Å². The van der Waals surface area contributed by atoms with E-state index in [1.165, 1.54) is 24.9 Å². The number of nitrogens with zero attached hydrogens (tertiary/aromatic N) is 4. The van der Waals surface area contributed by atoms with Gasteiger partial charge in [-0.1, -0.05) is 18.6 Å². The van der Waals surface area contributed by atoms with Gasteiger partial charge in [0.15, 0.2) is 0 Å². The molecule has 4 heteroatoms. The fourth-order valence-corrected chi connectivity index (χ4v) is 2.37. The summed E-state index contributed by atoms with van der Waals surface area (Å²) in [4.78, 5) is 0. The van der Waals surface area contributed by atoms with E-state index in [0.29, 0.717) is 6.67 Å². The molecule has 84 valence electrons. The van der Waals surface area contributed by atoms with Gasteiger partial charge in [0.05, 0.1) is 5.69 Å². The predicted octanol–water partition coefficient (Wildman–Crippen LogP) is 2.95. The third kappa shape index (κ3) is 1.69. The molecule has 2 aliphatic rings. The minimum absolute atomic E-state index is 0.664. The zero-order valence-corrected chi connectivity index (χ0v) is 9.34. The monoisotopic (exact) mass is 216 g/mol. The molecule has 2 aliphatic heterocycles. The predicted molar refractivity (Wildman–Crippen MR) is 63.7 cm³/mol. The van der Waals surface area contributed by atoms with Gasteiger partial charge in [-0.05, 0) is 25.0 Å². The maximum absolute atomic E-state index is 4.19. The van der Waals surface area contributed by atoms with Crippen LogP contribution in [-0.4, -0.2) is 24.8 Å². The largest absolute Gasteiger partial charge is 0.280 e. The molecule has 0 unspecified atom stereocenters. The molecule has 3 rings (SSSR count). The van der Waals surface area contributed by atoms with Crippen LogP contribution < -0.4 is 5.01 Å². The molecule has 0 bridgehead atoms. The number of fused-ring (bicyclic) bond motifs is 1. The quantitative estimate of drug-likeness (QED) is 0.722. The second-order valence-electron chi connectivity index (χ2n) is 4.29. The zero-order valence-electron chi connectivity index (χ0n) is 9.34. The van der Waals surface area contributed by atoms with E-state index < -0.39 is 0 Å². The van der Waals surface area contributed by atoms with Crippen LogP contribution in [0.5, 0.6) is 0 Å². The van der Waals surface area contributed by atoms with Crippen molar-refractivity contribution in [2.75, 3.05) is 24.8 Å². The Morgan fingerprint density at radius 1 is 1.00 bits per heavy atom. The first kappa shape index (κ1) is 9.78. The van der Waals surface area contributed by atoms with Gasteiger partial charge in [0, 0.05) is 13.1 Å². The SMILES string of the molecule is c1ccc2c(c1)N=NCN2N1CCCCC1. The molecule has 0 atom stereocenters. The van der Waals surface area contributed by atoms with Gasteiger partial charge in [-0.15, -0.1) is 0 Å². The Labute approximate surface area is 95.5 Å². The number of benzene rings is 1. The number of azo groups is 1. The van der Waals surface area contributed by atoms with Crippen LogP contribution in [0, 0.1) is 0 Å². The van der Waals surface area contributed by atoms with E-state index in [0.717, 1.165) is 18.8 Å². The first-order valence-electron chi connectivity index (χ1n) is 5.94. The van der Waals surface area contributed by atoms with Crippen molar-refractivity contribution in [1.29, 1.82) is 0 Å². The maximum Gasteiger partial charge on any atom is 0.146 e. The molecule has 0 N–H and O–H groups in total. The fraction of sp³-hybridized carbons (Fsp3) is 0.500. The van der Waals surface area contributed by atoms with Crippen LogP contribution in [0.25, 0.3) is 0 Å². The lowest BCUT2D eigenvalue weighted by Crippen LogP contribution is -2.46. The number of hydrazine groups is 1. The third-order valence-electron chi connectivity index (χ3n) is 3.21. The summed E-state index contributed by atoms with van der Waals surface area (Å²) < 4.78 is 0. The Morgan fingerprint density at radius 3 is 2.69 bits per heavy atom. The molecule has 16 heavy (non-hydrogen) atoms. The van der Waals surface area contributed by atoms with E-state index in [1.807, 2.05) is 12.1 Å². The second kappa shape index (κ2) is 4.22. The number of para-hydroxylation sites is 1. The van der Waals surface area contributed by atoms with Gasteiger partial charge in [0.25, 0.3) is 0 Å². The van der Waals surface area contributed by atoms with Gasteiger partial charge >= 0.3 is 0 Å². The van der Waals surface area contributed by atoms with E-state index in [1.54, 1.807) is 0 Å². The van der Waals surface area contributed by atoms with E-state index >= 15 is 0 Å². The van der Waals surface area contributed by atoms with Crippen molar-refractivity contribution >= 4 is 11.4 Å². The molecule has 2 heterocycles. The Kier molecular flexibility index (Phi) is 2.58. The third-order valence-corrected chi connectivity index (χ3v) is 3.21. The Bertz CT molecular complexity index is 396. The van der Waals surface area contributed by atoms with E-state index in [4.69, 9.17) is 0 Å². The first-order chi connectivity index (χ1) is 7.95. The molecule has 1 fully saturated rings. The Morgan fingerprint density at radius 2 is 1.81 bits per heavy atom. The molecule has 1 aromatic rings. The molecule has 0 aliphatic carbocycles. The van der Waals surface area contributed by atoms with Gasteiger partial charge in [-0.3, -0.25) is 5.01 Å². The van der Waals surface area contributed by atoms with E-state index in [2.05, 4.69) is 32.4 Å². The highest BCUT2D eigenvalue weighted by Gasteiger charge is 2.22. The molecule has 1 saturated heterocycles. The standard InChI is InChI=1S/C12H16N4/c1-4-8-15(9-5-1)16-10-13-14-11-6-2-3-7-12(11)16/h2-3,6-7H,1,4-5,8-10H2. The van der Waals surface area contributed by atoms with Crippen LogP contribution in [0.1, 0.15) is 19.3 Å². The lowest BCUT2D eigenvalue weighted by molar-refractivity contribution is 0.207. The van der Waals surface area contributed by atoms with Gasteiger partial charge in [0.1, 0.15) is 12.4 Å². The van der Waals surface area contributed by atoms with Crippen molar-refractivity contribution in [2.24, 2.45) is 10.2 Å². The Hall–Kier alpha value is -1.42. The topological polar surface area (TPSA) is 31.2 Å². The van der Waals surface area contributed by atoms with Crippen LogP contribution in [0.4, 0.5) is 11.4 Å². The molecule has 0 saturated carbocycles. The normalized spacial score (nSPS) is 20.9. The highest BCUT2D eigenvalue weighted by Crippen LogP contribution is 2.33. The number of rotatable bonds is 1. The zero-order chi connectivity index (χ0) is 10.8. The average molecular weight is 216 g/mol. The highest BCUT2D eigenvalue weighted by atomic mass is 15.7. The number of piperidine rings is 1. The molecule has 0 aromatic heterocycles. The van der Waals surface area contributed by atoms with Gasteiger partial charge in [0.2, 0.25) is 0 Å². The number of hydrogen-bond acceptors (Lipinski definition) is 4. The average Bonchev–Trinajstić information content (AvgIpc) is 2.39. The molecular weight excluding hydrogens is 200 g/mol. The first-order valence-corrected chi connectivity index (χ1v) is 5.94. The minimum Gasteiger partial charge on any atom is -0.280 e. The van der Waals surface area contributed by atoms with Crippen molar-refractivity contribution in [3.8, 4) is 0 Å². The Balaban J connectivity index is 1.88. The lowest BCUT2D eigenvalue weighted by atomic mass is 10.1. The van der Waals surface area contributed by atoms with Crippen LogP contribution in [0.3, 0.4) is 0 Å². The summed E-state index contributed by atoms with van der Waals surface area (Å²) in [5.74, 6) is 0. The van der Waals surface area contributed by atoms with Gasteiger partial charge in [-0.25, -0.2) is 5.01 Å². The second-order valence-corrected chi connectivity index (χ2v) is 4.29. The fourth-order valence-electron chi connectivity index (χ4n) is 2.37. The number of anilines is 1. The van der Waals surface area contributed by atoms with Gasteiger partial charge in [-0.2, -0.15) is 10.2 Å². The van der Waals surface area contributed by atoms with Crippen LogP contribution in [0.2, 0.25) is 0 Å². The summed E-state index contributed by atoms with van der Waals surface area (Å²) in [5.41, 5.74) is 2.18. The summed E-state index contributed by atoms with van der Waals surface area (Å²) in [6.07, 6.45) is 3.93. The molecule has 0 radical (unpaired) electrons. The van der Waals surface area contributed by atoms with Crippen molar-refractivity contribution < 1.29 is 0 Å². The summed E-state index contributed by atoms with van der Waals surface area (Å²) in [6.45, 7) is 2.95. The molecule has 0 amide bonds. The highest BCUT2D eigenvalue weighted by molar-refractivity contribution is 5.66. The lowest BCUT2D eigenvalue weighted by Gasteiger charge is -2.39. The summed E-state index contributed by atoms with van der Waals surface area (Å²) in [7, 11) is 0. The smallest absolute Gasteiger partial charge is 0.146 e.